The van der Waals surface area contributed by atoms with Gasteiger partial charge in [0, 0.05) is 10.7 Å². The first-order valence-electron chi connectivity index (χ1n) is 6.28. The highest BCUT2D eigenvalue weighted by Crippen LogP contribution is 2.34. The molecule has 92 valence electrons. The Hall–Kier alpha value is -0.860. The van der Waals surface area contributed by atoms with Crippen LogP contribution in [0.5, 0.6) is 0 Å². The normalized spacial score (nSPS) is 15.4. The van der Waals surface area contributed by atoms with Gasteiger partial charge in [-0.3, -0.25) is 0 Å². The van der Waals surface area contributed by atoms with E-state index in [-0.39, 0.29) is 0 Å². The molecule has 0 aliphatic rings. The number of rotatable bonds is 4. The standard InChI is InChI=1S/C15H21NS/c1-10(2)11(3)14(16-4)13-7-5-6-12-8-9-17-15(12)13/h5-11,14,16H,1-4H3. The topological polar surface area (TPSA) is 12.0 Å². The number of benzene rings is 1. The molecule has 0 aliphatic heterocycles. The molecule has 0 fully saturated rings. The Morgan fingerprint density at radius 3 is 2.53 bits per heavy atom. The van der Waals surface area contributed by atoms with Crippen molar-refractivity contribution in [3.8, 4) is 0 Å². The molecule has 0 bridgehead atoms. The Morgan fingerprint density at radius 1 is 1.12 bits per heavy atom. The van der Waals surface area contributed by atoms with Crippen LogP contribution in [0.25, 0.3) is 10.1 Å². The molecule has 0 amide bonds. The van der Waals surface area contributed by atoms with Gasteiger partial charge in [0.25, 0.3) is 0 Å². The third-order valence-electron chi connectivity index (χ3n) is 3.73. The predicted molar refractivity (Wildman–Crippen MR) is 77.6 cm³/mol. The van der Waals surface area contributed by atoms with Gasteiger partial charge in [-0.15, -0.1) is 11.3 Å². The van der Waals surface area contributed by atoms with Gasteiger partial charge in [-0.2, -0.15) is 0 Å². The van der Waals surface area contributed by atoms with Crippen LogP contribution in [-0.4, -0.2) is 7.05 Å². The zero-order valence-corrected chi connectivity index (χ0v) is 11.8. The fraction of sp³-hybridized carbons (Fsp3) is 0.467. The van der Waals surface area contributed by atoms with E-state index < -0.39 is 0 Å². The minimum absolute atomic E-state index is 0.442. The molecule has 0 saturated heterocycles. The Kier molecular flexibility index (Phi) is 3.85. The largest absolute Gasteiger partial charge is 0.313 e. The van der Waals surface area contributed by atoms with Crippen molar-refractivity contribution in [1.82, 2.24) is 5.32 Å². The third kappa shape index (κ3) is 2.38. The molecule has 1 N–H and O–H groups in total. The van der Waals surface area contributed by atoms with Gasteiger partial charge in [0.1, 0.15) is 0 Å². The Balaban J connectivity index is 2.46. The van der Waals surface area contributed by atoms with Gasteiger partial charge < -0.3 is 5.32 Å². The van der Waals surface area contributed by atoms with E-state index in [1.165, 1.54) is 15.6 Å². The average molecular weight is 247 g/mol. The van der Waals surface area contributed by atoms with Crippen LogP contribution in [0.15, 0.2) is 29.6 Å². The smallest absolute Gasteiger partial charge is 0.0390 e. The van der Waals surface area contributed by atoms with E-state index in [1.54, 1.807) is 0 Å². The summed E-state index contributed by atoms with van der Waals surface area (Å²) < 4.78 is 1.43. The molecule has 0 spiro atoms. The number of nitrogens with one attached hydrogen (secondary N) is 1. The van der Waals surface area contributed by atoms with Crippen LogP contribution >= 0.6 is 11.3 Å². The van der Waals surface area contributed by atoms with E-state index in [4.69, 9.17) is 0 Å². The van der Waals surface area contributed by atoms with Crippen molar-refractivity contribution in [1.29, 1.82) is 0 Å². The van der Waals surface area contributed by atoms with Crippen LogP contribution in [0, 0.1) is 11.8 Å². The fourth-order valence-electron chi connectivity index (χ4n) is 2.35. The fourth-order valence-corrected chi connectivity index (χ4v) is 3.30. The van der Waals surface area contributed by atoms with Crippen molar-refractivity contribution in [2.24, 2.45) is 11.8 Å². The zero-order chi connectivity index (χ0) is 12.4. The summed E-state index contributed by atoms with van der Waals surface area (Å²) >= 11 is 1.85. The highest BCUT2D eigenvalue weighted by molar-refractivity contribution is 7.17. The summed E-state index contributed by atoms with van der Waals surface area (Å²) in [4.78, 5) is 0. The van der Waals surface area contributed by atoms with Gasteiger partial charge in [-0.1, -0.05) is 39.0 Å². The molecule has 1 aromatic heterocycles. The first-order valence-corrected chi connectivity index (χ1v) is 7.16. The van der Waals surface area contributed by atoms with E-state index >= 15 is 0 Å². The lowest BCUT2D eigenvalue weighted by atomic mass is 9.86. The van der Waals surface area contributed by atoms with Crippen molar-refractivity contribution in [2.45, 2.75) is 26.8 Å². The summed E-state index contributed by atoms with van der Waals surface area (Å²) in [6.07, 6.45) is 0. The van der Waals surface area contributed by atoms with Gasteiger partial charge in [0.2, 0.25) is 0 Å². The lowest BCUT2D eigenvalue weighted by Crippen LogP contribution is -2.26. The van der Waals surface area contributed by atoms with Crippen LogP contribution in [0.3, 0.4) is 0 Å². The summed E-state index contributed by atoms with van der Waals surface area (Å²) in [5.74, 6) is 1.32. The number of hydrogen-bond donors (Lipinski definition) is 1. The molecule has 1 nitrogen and oxygen atoms in total. The van der Waals surface area contributed by atoms with Crippen molar-refractivity contribution in [3.63, 3.8) is 0 Å². The second-order valence-electron chi connectivity index (χ2n) is 5.06. The van der Waals surface area contributed by atoms with Crippen LogP contribution in [0.1, 0.15) is 32.4 Å². The number of thiophene rings is 1. The summed E-state index contributed by atoms with van der Waals surface area (Å²) in [5, 5.41) is 7.03. The van der Waals surface area contributed by atoms with Crippen LogP contribution in [0.2, 0.25) is 0 Å². The second kappa shape index (κ2) is 5.19. The average Bonchev–Trinajstić information content (AvgIpc) is 2.78. The molecule has 0 saturated carbocycles. The van der Waals surface area contributed by atoms with Gasteiger partial charge in [-0.25, -0.2) is 0 Å². The number of fused-ring (bicyclic) bond motifs is 1. The molecule has 2 rings (SSSR count). The molecule has 1 aromatic carbocycles. The SMILES string of the molecule is CNC(c1cccc2ccsc12)C(C)C(C)C. The maximum absolute atomic E-state index is 3.49. The monoisotopic (exact) mass is 247 g/mol. The second-order valence-corrected chi connectivity index (χ2v) is 5.97. The minimum atomic E-state index is 0.442. The van der Waals surface area contributed by atoms with Crippen LogP contribution in [0.4, 0.5) is 0 Å². The molecular formula is C15H21NS. The molecule has 2 unspecified atom stereocenters. The molecule has 0 aliphatic carbocycles. The van der Waals surface area contributed by atoms with Crippen LogP contribution in [-0.2, 0) is 0 Å². The van der Waals surface area contributed by atoms with E-state index in [1.807, 2.05) is 11.3 Å². The summed E-state index contributed by atoms with van der Waals surface area (Å²) in [7, 11) is 2.07. The molecular weight excluding hydrogens is 226 g/mol. The predicted octanol–water partition coefficient (Wildman–Crippen LogP) is 4.45. The molecule has 17 heavy (non-hydrogen) atoms. The van der Waals surface area contributed by atoms with E-state index in [0.717, 1.165) is 0 Å². The van der Waals surface area contributed by atoms with Gasteiger partial charge in [0.15, 0.2) is 0 Å². The lowest BCUT2D eigenvalue weighted by Gasteiger charge is -2.27. The van der Waals surface area contributed by atoms with Crippen LogP contribution < -0.4 is 5.32 Å². The first-order chi connectivity index (χ1) is 8.15. The minimum Gasteiger partial charge on any atom is -0.313 e. The highest BCUT2D eigenvalue weighted by Gasteiger charge is 2.22. The Morgan fingerprint density at radius 2 is 1.88 bits per heavy atom. The molecule has 2 atom stereocenters. The highest BCUT2D eigenvalue weighted by atomic mass is 32.1. The van der Waals surface area contributed by atoms with E-state index in [0.29, 0.717) is 17.9 Å². The van der Waals surface area contributed by atoms with Gasteiger partial charge in [-0.05, 0) is 41.3 Å². The summed E-state index contributed by atoms with van der Waals surface area (Å²) in [6, 6.07) is 9.27. The lowest BCUT2D eigenvalue weighted by molar-refractivity contribution is 0.319. The molecule has 1 heterocycles. The van der Waals surface area contributed by atoms with Crippen molar-refractivity contribution in [3.05, 3.63) is 35.2 Å². The van der Waals surface area contributed by atoms with Gasteiger partial charge in [0.05, 0.1) is 0 Å². The third-order valence-corrected chi connectivity index (χ3v) is 4.71. The first kappa shape index (κ1) is 12.6. The van der Waals surface area contributed by atoms with Crippen molar-refractivity contribution < 1.29 is 0 Å². The maximum Gasteiger partial charge on any atom is 0.0390 e. The Bertz CT molecular complexity index is 486. The molecule has 0 radical (unpaired) electrons. The van der Waals surface area contributed by atoms with E-state index in [9.17, 15) is 0 Å². The quantitative estimate of drug-likeness (QED) is 0.841. The molecule has 2 aromatic rings. The molecule has 2 heteroatoms. The summed E-state index contributed by atoms with van der Waals surface area (Å²) in [6.45, 7) is 6.92. The zero-order valence-electron chi connectivity index (χ0n) is 11.0. The van der Waals surface area contributed by atoms with Crippen molar-refractivity contribution in [2.75, 3.05) is 7.05 Å². The maximum atomic E-state index is 3.49. The summed E-state index contributed by atoms with van der Waals surface area (Å²) in [5.41, 5.74) is 1.45. The number of hydrogen-bond acceptors (Lipinski definition) is 2. The Labute approximate surface area is 108 Å². The van der Waals surface area contributed by atoms with Gasteiger partial charge >= 0.3 is 0 Å². The van der Waals surface area contributed by atoms with E-state index in [2.05, 4.69) is 62.8 Å². The van der Waals surface area contributed by atoms with Crippen molar-refractivity contribution >= 4 is 21.4 Å².